The van der Waals surface area contributed by atoms with Gasteiger partial charge >= 0.3 is 0 Å². The Kier molecular flexibility index (Phi) is 7.59. The Morgan fingerprint density at radius 3 is 2.65 bits per heavy atom. The summed E-state index contributed by atoms with van der Waals surface area (Å²) in [5, 5.41) is 12.1. The van der Waals surface area contributed by atoms with E-state index in [0.29, 0.717) is 29.0 Å². The molecular formula is C22H33ClN6O2. The molecule has 0 saturated heterocycles. The molecule has 1 aliphatic rings. The topological polar surface area (TPSA) is 120 Å². The molecule has 2 aromatic rings. The third-order valence-corrected chi connectivity index (χ3v) is 6.31. The minimum atomic E-state index is -0.524. The van der Waals surface area contributed by atoms with Crippen molar-refractivity contribution in [3.05, 3.63) is 41.0 Å². The van der Waals surface area contributed by atoms with Gasteiger partial charge in [0.2, 0.25) is 0 Å². The van der Waals surface area contributed by atoms with Crippen LogP contribution in [0.4, 0.5) is 11.5 Å². The van der Waals surface area contributed by atoms with Crippen LogP contribution in [0.1, 0.15) is 49.5 Å². The predicted molar refractivity (Wildman–Crippen MR) is 124 cm³/mol. The van der Waals surface area contributed by atoms with Gasteiger partial charge in [0.05, 0.1) is 11.6 Å². The highest BCUT2D eigenvalue weighted by Gasteiger charge is 2.33. The molecule has 0 bridgehead atoms. The van der Waals surface area contributed by atoms with E-state index in [2.05, 4.69) is 29.6 Å². The molecule has 1 fully saturated rings. The molecule has 3 rings (SSSR count). The summed E-state index contributed by atoms with van der Waals surface area (Å²) < 4.78 is 7.36. The quantitative estimate of drug-likeness (QED) is 0.468. The lowest BCUT2D eigenvalue weighted by molar-refractivity contribution is 0.0184. The number of primary amides is 1. The predicted octanol–water partition coefficient (Wildman–Crippen LogP) is 3.06. The van der Waals surface area contributed by atoms with Crippen LogP contribution in [-0.2, 0) is 4.74 Å². The Morgan fingerprint density at radius 1 is 1.32 bits per heavy atom. The molecule has 0 radical (unpaired) electrons. The molecule has 1 saturated carbocycles. The maximum atomic E-state index is 12.0. The first-order valence-electron chi connectivity index (χ1n) is 10.6. The Balaban J connectivity index is 1.74. The summed E-state index contributed by atoms with van der Waals surface area (Å²) in [6.45, 7) is 5.45. The van der Waals surface area contributed by atoms with E-state index in [9.17, 15) is 4.79 Å². The van der Waals surface area contributed by atoms with Crippen LogP contribution in [0.5, 0.6) is 0 Å². The van der Waals surface area contributed by atoms with Crippen LogP contribution in [0.25, 0.3) is 0 Å². The van der Waals surface area contributed by atoms with E-state index in [1.807, 2.05) is 16.8 Å². The van der Waals surface area contributed by atoms with Gasteiger partial charge in [-0.05, 0) is 69.8 Å². The minimum Gasteiger partial charge on any atom is -0.377 e. The molecule has 1 aliphatic carbocycles. The van der Waals surface area contributed by atoms with E-state index in [0.717, 1.165) is 31.5 Å². The highest BCUT2D eigenvalue weighted by atomic mass is 35.5. The third-order valence-electron chi connectivity index (χ3n) is 6.06. The molecular weight excluding hydrogens is 416 g/mol. The van der Waals surface area contributed by atoms with Crippen LogP contribution in [0, 0.1) is 5.92 Å². The highest BCUT2D eigenvalue weighted by molar-refractivity contribution is 6.30. The van der Waals surface area contributed by atoms with Gasteiger partial charge in [-0.2, -0.15) is 5.10 Å². The van der Waals surface area contributed by atoms with E-state index in [-0.39, 0.29) is 17.6 Å². The lowest BCUT2D eigenvalue weighted by Gasteiger charge is -2.37. The number of amides is 1. The average Bonchev–Trinajstić information content (AvgIpc) is 3.17. The van der Waals surface area contributed by atoms with Gasteiger partial charge in [0, 0.05) is 36.6 Å². The van der Waals surface area contributed by atoms with E-state index in [4.69, 9.17) is 27.8 Å². The van der Waals surface area contributed by atoms with Crippen LogP contribution < -0.4 is 22.1 Å². The Hall–Kier alpha value is -2.13. The number of nitrogens with two attached hydrogens (primary N) is 2. The van der Waals surface area contributed by atoms with Crippen molar-refractivity contribution in [3.63, 3.8) is 0 Å². The molecule has 1 unspecified atom stereocenters. The maximum Gasteiger partial charge on any atom is 0.254 e. The molecule has 1 aromatic heterocycles. The van der Waals surface area contributed by atoms with Crippen molar-refractivity contribution in [2.75, 3.05) is 25.5 Å². The number of benzene rings is 1. The summed E-state index contributed by atoms with van der Waals surface area (Å²) >= 11 is 5.96. The van der Waals surface area contributed by atoms with Crippen molar-refractivity contribution in [1.82, 2.24) is 15.1 Å². The SMILES string of the molecule is COC(C)(C)CN[C@H]1CCC(n2cc(C(N)=O)c(Nc3ccc(Cl)cc3)n2)[C@@H](CN)C1. The summed E-state index contributed by atoms with van der Waals surface area (Å²) in [5.74, 6) is 0.151. The van der Waals surface area contributed by atoms with Crippen LogP contribution in [0.15, 0.2) is 30.5 Å². The molecule has 9 heteroatoms. The molecule has 1 amide bonds. The number of aromatic nitrogens is 2. The van der Waals surface area contributed by atoms with Crippen molar-refractivity contribution in [1.29, 1.82) is 0 Å². The maximum absolute atomic E-state index is 12.0. The molecule has 3 atom stereocenters. The van der Waals surface area contributed by atoms with Gasteiger partial charge in [-0.15, -0.1) is 0 Å². The monoisotopic (exact) mass is 448 g/mol. The van der Waals surface area contributed by atoms with E-state index < -0.39 is 5.91 Å². The third kappa shape index (κ3) is 5.98. The molecule has 1 heterocycles. The smallest absolute Gasteiger partial charge is 0.254 e. The fourth-order valence-electron chi connectivity index (χ4n) is 4.00. The largest absolute Gasteiger partial charge is 0.377 e. The molecule has 6 N–H and O–H groups in total. The van der Waals surface area contributed by atoms with E-state index in [1.54, 1.807) is 25.4 Å². The van der Waals surface area contributed by atoms with Crippen LogP contribution >= 0.6 is 11.6 Å². The van der Waals surface area contributed by atoms with Gasteiger partial charge in [0.15, 0.2) is 5.82 Å². The number of hydrogen-bond donors (Lipinski definition) is 4. The Labute approximate surface area is 188 Å². The fourth-order valence-corrected chi connectivity index (χ4v) is 4.13. The second-order valence-electron chi connectivity index (χ2n) is 8.79. The second-order valence-corrected chi connectivity index (χ2v) is 9.22. The second kappa shape index (κ2) is 9.99. The lowest BCUT2D eigenvalue weighted by Crippen LogP contribution is -2.46. The average molecular weight is 449 g/mol. The summed E-state index contributed by atoms with van der Waals surface area (Å²) in [4.78, 5) is 12.0. The number of nitrogens with zero attached hydrogens (tertiary/aromatic N) is 2. The van der Waals surface area contributed by atoms with Crippen molar-refractivity contribution >= 4 is 29.0 Å². The standard InChI is InChI=1S/C22H33ClN6O2/c1-22(2,31-3)13-26-17-8-9-19(14(10-17)11-24)29-12-18(20(25)30)21(28-29)27-16-6-4-15(23)5-7-16/h4-7,12,14,17,19,26H,8-11,13,24H2,1-3H3,(H2,25,30)(H,27,28)/t14-,17+,19?/m1/s1. The zero-order valence-corrected chi connectivity index (χ0v) is 19.2. The molecule has 31 heavy (non-hydrogen) atoms. The number of methoxy groups -OCH3 is 1. The first kappa shape index (κ1) is 23.5. The summed E-state index contributed by atoms with van der Waals surface area (Å²) in [5.41, 5.74) is 12.7. The molecule has 0 aliphatic heterocycles. The molecule has 0 spiro atoms. The van der Waals surface area contributed by atoms with Crippen LogP contribution in [0.3, 0.4) is 0 Å². The number of anilines is 2. The van der Waals surface area contributed by atoms with Gasteiger partial charge in [-0.1, -0.05) is 11.6 Å². The minimum absolute atomic E-state index is 0.109. The zero-order chi connectivity index (χ0) is 22.6. The molecule has 170 valence electrons. The fraction of sp³-hybridized carbons (Fsp3) is 0.545. The van der Waals surface area contributed by atoms with Crippen molar-refractivity contribution in [2.24, 2.45) is 17.4 Å². The van der Waals surface area contributed by atoms with Crippen LogP contribution in [0.2, 0.25) is 5.02 Å². The lowest BCUT2D eigenvalue weighted by atomic mass is 9.81. The number of carbonyl (C=O) groups is 1. The number of halogens is 1. The van der Waals surface area contributed by atoms with E-state index in [1.165, 1.54) is 0 Å². The number of hydrogen-bond acceptors (Lipinski definition) is 6. The highest BCUT2D eigenvalue weighted by Crippen LogP contribution is 2.35. The van der Waals surface area contributed by atoms with Gasteiger partial charge in [-0.3, -0.25) is 9.48 Å². The number of nitrogens with one attached hydrogen (secondary N) is 2. The Morgan fingerprint density at radius 2 is 2.03 bits per heavy atom. The normalized spacial score (nSPS) is 21.8. The number of rotatable bonds is 9. The van der Waals surface area contributed by atoms with Crippen molar-refractivity contribution < 1.29 is 9.53 Å². The van der Waals surface area contributed by atoms with Gasteiger partial charge in [0.1, 0.15) is 5.56 Å². The van der Waals surface area contributed by atoms with Crippen molar-refractivity contribution in [3.8, 4) is 0 Å². The first-order valence-corrected chi connectivity index (χ1v) is 11.0. The van der Waals surface area contributed by atoms with Crippen molar-refractivity contribution in [2.45, 2.75) is 50.8 Å². The zero-order valence-electron chi connectivity index (χ0n) is 18.4. The van der Waals surface area contributed by atoms with Crippen LogP contribution in [-0.4, -0.2) is 47.5 Å². The molecule has 1 aromatic carbocycles. The summed E-state index contributed by atoms with van der Waals surface area (Å²) in [7, 11) is 1.73. The first-order chi connectivity index (χ1) is 14.7. The molecule has 8 nitrogen and oxygen atoms in total. The van der Waals surface area contributed by atoms with Gasteiger partial charge in [0.25, 0.3) is 5.91 Å². The summed E-state index contributed by atoms with van der Waals surface area (Å²) in [6.07, 6.45) is 4.57. The van der Waals surface area contributed by atoms with E-state index >= 15 is 0 Å². The number of carbonyl (C=O) groups excluding carboxylic acids is 1. The Bertz CT molecular complexity index is 883. The van der Waals surface area contributed by atoms with Gasteiger partial charge < -0.3 is 26.8 Å². The number of ether oxygens (including phenoxy) is 1. The summed E-state index contributed by atoms with van der Waals surface area (Å²) in [6, 6.07) is 7.68. The van der Waals surface area contributed by atoms with Gasteiger partial charge in [-0.25, -0.2) is 0 Å².